The Labute approximate surface area is 158 Å². The van der Waals surface area contributed by atoms with Gasteiger partial charge in [-0.3, -0.25) is 4.79 Å². The Morgan fingerprint density at radius 3 is 2.41 bits per heavy atom. The maximum atomic E-state index is 12.3. The van der Waals surface area contributed by atoms with Crippen LogP contribution in [0.4, 0.5) is 17.2 Å². The van der Waals surface area contributed by atoms with E-state index in [1.807, 2.05) is 31.1 Å². The molecule has 1 unspecified atom stereocenters. The van der Waals surface area contributed by atoms with Crippen molar-refractivity contribution in [3.8, 4) is 0 Å². The number of anilines is 3. The summed E-state index contributed by atoms with van der Waals surface area (Å²) in [4.78, 5) is 30.6. The molecule has 1 atom stereocenters. The molecule has 1 heterocycles. The lowest BCUT2D eigenvalue weighted by Gasteiger charge is -2.15. The number of nitrogens with one attached hydrogen (secondary N) is 2. The van der Waals surface area contributed by atoms with Gasteiger partial charge in [-0.25, -0.2) is 9.78 Å². The first-order valence-electron chi connectivity index (χ1n) is 8.94. The van der Waals surface area contributed by atoms with E-state index >= 15 is 0 Å². The van der Waals surface area contributed by atoms with Crippen molar-refractivity contribution >= 4 is 29.1 Å². The molecule has 27 heavy (non-hydrogen) atoms. The molecular weight excluding hydrogens is 344 g/mol. The highest BCUT2D eigenvalue weighted by Gasteiger charge is 2.22. The molecule has 1 aromatic carbocycles. The Kier molecular flexibility index (Phi) is 5.59. The molecule has 0 bridgehead atoms. The van der Waals surface area contributed by atoms with Gasteiger partial charge in [-0.1, -0.05) is 0 Å². The second-order valence-electron chi connectivity index (χ2n) is 6.83. The third-order valence-electron chi connectivity index (χ3n) is 4.23. The van der Waals surface area contributed by atoms with Crippen molar-refractivity contribution in [2.75, 3.05) is 29.6 Å². The van der Waals surface area contributed by atoms with Crippen LogP contribution in [0.15, 0.2) is 42.6 Å². The molecule has 1 aromatic heterocycles. The quantitative estimate of drug-likeness (QED) is 0.731. The third kappa shape index (κ3) is 5.20. The normalized spacial score (nSPS) is 14.2. The number of benzene rings is 1. The molecule has 1 fully saturated rings. The second kappa shape index (κ2) is 8.07. The van der Waals surface area contributed by atoms with E-state index in [-0.39, 0.29) is 5.91 Å². The van der Waals surface area contributed by atoms with Gasteiger partial charge in [-0.15, -0.1) is 0 Å². The molecule has 0 saturated heterocycles. The van der Waals surface area contributed by atoms with Crippen LogP contribution in [0.5, 0.6) is 0 Å². The van der Waals surface area contributed by atoms with Crippen molar-refractivity contribution in [2.24, 2.45) is 0 Å². The summed E-state index contributed by atoms with van der Waals surface area (Å²) >= 11 is 0. The summed E-state index contributed by atoms with van der Waals surface area (Å²) in [6.45, 7) is 1.54. The number of ether oxygens (including phenoxy) is 1. The van der Waals surface area contributed by atoms with Crippen LogP contribution in [-0.2, 0) is 9.53 Å². The van der Waals surface area contributed by atoms with Crippen molar-refractivity contribution in [3.63, 3.8) is 0 Å². The van der Waals surface area contributed by atoms with Gasteiger partial charge in [0.15, 0.2) is 6.10 Å². The molecule has 0 aliphatic heterocycles. The zero-order chi connectivity index (χ0) is 19.4. The van der Waals surface area contributed by atoms with Crippen molar-refractivity contribution < 1.29 is 14.3 Å². The monoisotopic (exact) mass is 368 g/mol. The number of carbonyl (C=O) groups excluding carboxylic acids is 2. The largest absolute Gasteiger partial charge is 0.449 e. The van der Waals surface area contributed by atoms with Crippen LogP contribution in [0.2, 0.25) is 0 Å². The number of hydrogen-bond acceptors (Lipinski definition) is 6. The molecule has 7 heteroatoms. The van der Waals surface area contributed by atoms with Gasteiger partial charge in [-0.2, -0.15) is 0 Å². The topological polar surface area (TPSA) is 83.6 Å². The summed E-state index contributed by atoms with van der Waals surface area (Å²) < 4.78 is 5.25. The van der Waals surface area contributed by atoms with Gasteiger partial charge in [0, 0.05) is 37.7 Å². The summed E-state index contributed by atoms with van der Waals surface area (Å²) in [7, 11) is 3.89. The van der Waals surface area contributed by atoms with Crippen LogP contribution >= 0.6 is 0 Å². The van der Waals surface area contributed by atoms with Gasteiger partial charge in [0.1, 0.15) is 5.82 Å². The fourth-order valence-electron chi connectivity index (χ4n) is 2.41. The molecule has 7 nitrogen and oxygen atoms in total. The minimum absolute atomic E-state index is 0.311. The molecule has 0 radical (unpaired) electrons. The van der Waals surface area contributed by atoms with Gasteiger partial charge in [0.25, 0.3) is 5.91 Å². The molecule has 2 aromatic rings. The van der Waals surface area contributed by atoms with Crippen LogP contribution in [0.3, 0.4) is 0 Å². The minimum Gasteiger partial charge on any atom is -0.449 e. The maximum Gasteiger partial charge on any atom is 0.340 e. The standard InChI is InChI=1S/C20H24N4O3/c1-13(19(25)23-16-7-9-17(10-8-16)24(2)3)27-20(26)14-4-11-18(21-12-14)22-15-5-6-15/h4,7-13,15H,5-6H2,1-3H3,(H,21,22)(H,23,25). The van der Waals surface area contributed by atoms with Crippen LogP contribution in [0.25, 0.3) is 0 Å². The lowest BCUT2D eigenvalue weighted by molar-refractivity contribution is -0.123. The number of esters is 1. The van der Waals surface area contributed by atoms with E-state index in [1.54, 1.807) is 24.3 Å². The molecule has 3 rings (SSSR count). The summed E-state index contributed by atoms with van der Waals surface area (Å²) in [6.07, 6.45) is 2.83. The average molecular weight is 368 g/mol. The van der Waals surface area contributed by atoms with Gasteiger partial charge >= 0.3 is 5.97 Å². The highest BCUT2D eigenvalue weighted by atomic mass is 16.5. The smallest absolute Gasteiger partial charge is 0.340 e. The molecular formula is C20H24N4O3. The molecule has 1 aliphatic rings. The van der Waals surface area contributed by atoms with Crippen LogP contribution in [-0.4, -0.2) is 43.1 Å². The fraction of sp³-hybridized carbons (Fsp3) is 0.350. The summed E-state index contributed by atoms with van der Waals surface area (Å²) in [5, 5.41) is 5.99. The Morgan fingerprint density at radius 1 is 1.15 bits per heavy atom. The van der Waals surface area contributed by atoms with E-state index in [9.17, 15) is 9.59 Å². The number of pyridine rings is 1. The minimum atomic E-state index is -0.921. The first kappa shape index (κ1) is 18.7. The van der Waals surface area contributed by atoms with Gasteiger partial charge in [-0.05, 0) is 56.2 Å². The Hall–Kier alpha value is -3.09. The highest BCUT2D eigenvalue weighted by molar-refractivity contribution is 5.97. The molecule has 2 N–H and O–H groups in total. The third-order valence-corrected chi connectivity index (χ3v) is 4.23. The molecule has 1 amide bonds. The highest BCUT2D eigenvalue weighted by Crippen LogP contribution is 2.23. The Morgan fingerprint density at radius 2 is 1.85 bits per heavy atom. The lowest BCUT2D eigenvalue weighted by atomic mass is 10.2. The van der Waals surface area contributed by atoms with Crippen molar-refractivity contribution in [2.45, 2.75) is 31.9 Å². The van der Waals surface area contributed by atoms with Gasteiger partial charge < -0.3 is 20.3 Å². The van der Waals surface area contributed by atoms with Gasteiger partial charge in [0.05, 0.1) is 5.56 Å². The number of aromatic nitrogens is 1. The zero-order valence-electron chi connectivity index (χ0n) is 15.7. The van der Waals surface area contributed by atoms with E-state index in [0.717, 1.165) is 24.3 Å². The Balaban J connectivity index is 1.52. The predicted molar refractivity (Wildman–Crippen MR) is 105 cm³/mol. The van der Waals surface area contributed by atoms with Crippen molar-refractivity contribution in [1.29, 1.82) is 0 Å². The second-order valence-corrected chi connectivity index (χ2v) is 6.83. The fourth-order valence-corrected chi connectivity index (χ4v) is 2.41. The number of amides is 1. The first-order valence-corrected chi connectivity index (χ1v) is 8.94. The van der Waals surface area contributed by atoms with E-state index < -0.39 is 12.1 Å². The van der Waals surface area contributed by atoms with E-state index in [1.165, 1.54) is 13.1 Å². The van der Waals surface area contributed by atoms with Crippen molar-refractivity contribution in [1.82, 2.24) is 4.98 Å². The molecule has 1 saturated carbocycles. The average Bonchev–Trinajstić information content (AvgIpc) is 3.46. The Bertz CT molecular complexity index is 799. The summed E-state index contributed by atoms with van der Waals surface area (Å²) in [5.41, 5.74) is 1.98. The summed E-state index contributed by atoms with van der Waals surface area (Å²) in [5.74, 6) is -0.229. The number of rotatable bonds is 7. The van der Waals surface area contributed by atoms with Gasteiger partial charge in [0.2, 0.25) is 0 Å². The number of hydrogen-bond donors (Lipinski definition) is 2. The lowest BCUT2D eigenvalue weighted by Crippen LogP contribution is -2.30. The number of carbonyl (C=O) groups is 2. The SMILES string of the molecule is CC(OC(=O)c1ccc(NC2CC2)nc1)C(=O)Nc1ccc(N(C)C)cc1. The van der Waals surface area contributed by atoms with E-state index in [2.05, 4.69) is 15.6 Å². The van der Waals surface area contributed by atoms with Crippen LogP contribution in [0, 0.1) is 0 Å². The first-order chi connectivity index (χ1) is 12.9. The van der Waals surface area contributed by atoms with Crippen LogP contribution < -0.4 is 15.5 Å². The van der Waals surface area contributed by atoms with Crippen LogP contribution in [0.1, 0.15) is 30.1 Å². The summed E-state index contributed by atoms with van der Waals surface area (Å²) in [6, 6.07) is 11.3. The zero-order valence-corrected chi connectivity index (χ0v) is 15.7. The molecule has 1 aliphatic carbocycles. The van der Waals surface area contributed by atoms with E-state index in [0.29, 0.717) is 17.3 Å². The van der Waals surface area contributed by atoms with Crippen molar-refractivity contribution in [3.05, 3.63) is 48.2 Å². The predicted octanol–water partition coefficient (Wildman–Crippen LogP) is 2.91. The molecule has 142 valence electrons. The molecule has 0 spiro atoms. The van der Waals surface area contributed by atoms with E-state index in [4.69, 9.17) is 4.74 Å². The maximum absolute atomic E-state index is 12.3. The number of nitrogens with zero attached hydrogens (tertiary/aromatic N) is 2.